The summed E-state index contributed by atoms with van der Waals surface area (Å²) >= 11 is 0. The van der Waals surface area contributed by atoms with Crippen LogP contribution in [0.15, 0.2) is 11.8 Å². The first-order chi connectivity index (χ1) is 9.93. The molecule has 1 saturated heterocycles. The number of likely N-dealkylation sites (tertiary alicyclic amines) is 1. The topological polar surface area (TPSA) is 66.8 Å². The van der Waals surface area contributed by atoms with E-state index >= 15 is 0 Å². The van der Waals surface area contributed by atoms with Crippen molar-refractivity contribution in [2.24, 2.45) is 0 Å². The number of carbonyl (C=O) groups is 2. The molecule has 120 valence electrons. The fraction of sp³-hybridized carbons (Fsp3) is 0.733. The maximum absolute atomic E-state index is 11.8. The second-order valence-electron chi connectivity index (χ2n) is 5.35. The molecule has 1 rings (SSSR count). The predicted octanol–water partition coefficient (Wildman–Crippen LogP) is 1.43. The summed E-state index contributed by atoms with van der Waals surface area (Å²) < 4.78 is 5.37. The van der Waals surface area contributed by atoms with E-state index in [-0.39, 0.29) is 24.3 Å². The summed E-state index contributed by atoms with van der Waals surface area (Å²) in [6, 6.07) is 0. The van der Waals surface area contributed by atoms with Gasteiger partial charge in [0.2, 0.25) is 5.91 Å². The minimum absolute atomic E-state index is 0.0529. The zero-order chi connectivity index (χ0) is 16.0. The van der Waals surface area contributed by atoms with E-state index in [2.05, 4.69) is 25.5 Å². The Balaban J connectivity index is 2.71. The summed E-state index contributed by atoms with van der Waals surface area (Å²) in [5.74, 6) is -0.445. The van der Waals surface area contributed by atoms with E-state index < -0.39 is 5.97 Å². The van der Waals surface area contributed by atoms with E-state index in [4.69, 9.17) is 0 Å². The average molecular weight is 299 g/mol. The molecule has 1 unspecified atom stereocenters. The second kappa shape index (κ2) is 7.45. The Hall–Kier alpha value is -1.56. The maximum atomic E-state index is 11.8. The number of ether oxygens (including phenoxy) is 1. The summed E-state index contributed by atoms with van der Waals surface area (Å²) in [5, 5.41) is 9.68. The first-order valence-electron chi connectivity index (χ1n) is 7.54. The highest BCUT2D eigenvalue weighted by Crippen LogP contribution is 2.29. The van der Waals surface area contributed by atoms with Crippen LogP contribution in [0.25, 0.3) is 0 Å². The molecule has 1 N–H and O–H groups in total. The lowest BCUT2D eigenvalue weighted by Crippen LogP contribution is -2.70. The van der Waals surface area contributed by atoms with Crippen molar-refractivity contribution < 1.29 is 23.9 Å². The highest BCUT2D eigenvalue weighted by Gasteiger charge is 2.48. The van der Waals surface area contributed by atoms with Crippen LogP contribution >= 0.6 is 0 Å². The predicted molar refractivity (Wildman–Crippen MR) is 79.3 cm³/mol. The minimum atomic E-state index is -0.490. The molecule has 0 bridgehead atoms. The molecule has 0 aromatic heterocycles. The molecule has 6 nitrogen and oxygen atoms in total. The number of carbonyl (C=O) groups excluding carboxylic acids is 2. The Kier molecular flexibility index (Phi) is 6.20. The summed E-state index contributed by atoms with van der Waals surface area (Å²) in [6.45, 7) is 9.67. The van der Waals surface area contributed by atoms with E-state index in [1.807, 2.05) is 0 Å². The van der Waals surface area contributed by atoms with Crippen LogP contribution in [-0.4, -0.2) is 65.8 Å². The summed E-state index contributed by atoms with van der Waals surface area (Å²) in [4.78, 5) is 24.7. The molecule has 0 radical (unpaired) electrons. The molecular formula is C15H27N2O4+. The second-order valence-corrected chi connectivity index (χ2v) is 5.35. The van der Waals surface area contributed by atoms with Crippen LogP contribution in [0.2, 0.25) is 0 Å². The van der Waals surface area contributed by atoms with Gasteiger partial charge in [-0.05, 0) is 26.8 Å². The molecule has 1 aliphatic rings. The van der Waals surface area contributed by atoms with Crippen molar-refractivity contribution >= 4 is 11.9 Å². The number of aliphatic hydroxyl groups excluding tert-OH is 1. The fourth-order valence-electron chi connectivity index (χ4n) is 2.95. The molecule has 6 heteroatoms. The van der Waals surface area contributed by atoms with E-state index in [0.29, 0.717) is 13.0 Å². The van der Waals surface area contributed by atoms with Gasteiger partial charge in [-0.3, -0.25) is 14.5 Å². The minimum Gasteiger partial charge on any atom is -0.512 e. The van der Waals surface area contributed by atoms with Gasteiger partial charge in [-0.2, -0.15) is 0 Å². The van der Waals surface area contributed by atoms with Gasteiger partial charge in [-0.25, -0.2) is 0 Å². The monoisotopic (exact) mass is 299 g/mol. The molecule has 1 amide bonds. The summed E-state index contributed by atoms with van der Waals surface area (Å²) in [5.41, 5.74) is 0. The molecule has 21 heavy (non-hydrogen) atoms. The van der Waals surface area contributed by atoms with Gasteiger partial charge in [-0.1, -0.05) is 0 Å². The molecule has 1 atom stereocenters. The third kappa shape index (κ3) is 3.75. The lowest BCUT2D eigenvalue weighted by atomic mass is 10.0. The van der Waals surface area contributed by atoms with Gasteiger partial charge < -0.3 is 14.3 Å². The number of esters is 1. The van der Waals surface area contributed by atoms with E-state index in [1.165, 1.54) is 13.2 Å². The molecule has 1 heterocycles. The number of nitrogens with zero attached hydrogens (tertiary/aromatic N) is 2. The standard InChI is InChI=1S/C15H26N2O4/c1-5-17(6-2,7-3)13-11-14(19)16(13)9-8-12(18)10-15(20)21-4/h8,13H,5-7,9-11H2,1-4H3/p+1. The number of quaternary nitrogens is 1. The van der Waals surface area contributed by atoms with E-state index in [0.717, 1.165) is 24.1 Å². The molecular weight excluding hydrogens is 272 g/mol. The average Bonchev–Trinajstić information content (AvgIpc) is 2.48. The number of aliphatic hydroxyl groups is 1. The van der Waals surface area contributed by atoms with Gasteiger partial charge in [-0.15, -0.1) is 0 Å². The fourth-order valence-corrected chi connectivity index (χ4v) is 2.95. The van der Waals surface area contributed by atoms with Crippen LogP contribution in [0, 0.1) is 0 Å². The van der Waals surface area contributed by atoms with Gasteiger partial charge in [0, 0.05) is 6.54 Å². The van der Waals surface area contributed by atoms with Crippen LogP contribution in [0.5, 0.6) is 0 Å². The van der Waals surface area contributed by atoms with Crippen molar-refractivity contribution in [2.75, 3.05) is 33.3 Å². The number of β-lactam (4-membered cyclic amide) rings is 1. The van der Waals surface area contributed by atoms with Crippen molar-refractivity contribution in [2.45, 2.75) is 39.8 Å². The summed E-state index contributed by atoms with van der Waals surface area (Å²) in [7, 11) is 1.28. The van der Waals surface area contributed by atoms with Crippen molar-refractivity contribution in [3.05, 3.63) is 11.8 Å². The van der Waals surface area contributed by atoms with Gasteiger partial charge in [0.25, 0.3) is 0 Å². The molecule has 0 saturated carbocycles. The van der Waals surface area contributed by atoms with Gasteiger partial charge in [0.05, 0.1) is 33.2 Å². The molecule has 0 aromatic rings. The Morgan fingerprint density at radius 3 is 2.38 bits per heavy atom. The first kappa shape index (κ1) is 17.5. The third-order valence-corrected chi connectivity index (χ3v) is 4.64. The zero-order valence-corrected chi connectivity index (χ0v) is 13.5. The molecule has 0 spiro atoms. The zero-order valence-electron chi connectivity index (χ0n) is 13.5. The largest absolute Gasteiger partial charge is 0.512 e. The first-order valence-corrected chi connectivity index (χ1v) is 7.54. The van der Waals surface area contributed by atoms with Gasteiger partial charge in [0.1, 0.15) is 12.2 Å². The smallest absolute Gasteiger partial charge is 0.313 e. The van der Waals surface area contributed by atoms with E-state index in [1.54, 1.807) is 4.90 Å². The number of hydrogen-bond donors (Lipinski definition) is 1. The van der Waals surface area contributed by atoms with E-state index in [9.17, 15) is 14.7 Å². The highest BCUT2D eigenvalue weighted by molar-refractivity contribution is 5.82. The Labute approximate surface area is 126 Å². The molecule has 0 aromatic carbocycles. The molecule has 1 aliphatic heterocycles. The van der Waals surface area contributed by atoms with Crippen molar-refractivity contribution in [1.82, 2.24) is 4.90 Å². The highest BCUT2D eigenvalue weighted by atomic mass is 16.5. The Morgan fingerprint density at radius 1 is 1.38 bits per heavy atom. The number of methoxy groups -OCH3 is 1. The van der Waals surface area contributed by atoms with Crippen LogP contribution in [0.3, 0.4) is 0 Å². The lowest BCUT2D eigenvalue weighted by Gasteiger charge is -2.52. The van der Waals surface area contributed by atoms with Gasteiger partial charge >= 0.3 is 5.97 Å². The SMILES string of the molecule is CC[N+](CC)(CC)C1CC(=O)N1CC=C(O)CC(=O)OC. The molecule has 0 aliphatic carbocycles. The van der Waals surface area contributed by atoms with Crippen molar-refractivity contribution in [3.63, 3.8) is 0 Å². The summed E-state index contributed by atoms with van der Waals surface area (Å²) in [6.07, 6.45) is 2.09. The normalized spacial score (nSPS) is 19.4. The molecule has 1 fully saturated rings. The van der Waals surface area contributed by atoms with Crippen LogP contribution in [-0.2, 0) is 14.3 Å². The number of amides is 1. The van der Waals surface area contributed by atoms with Crippen LogP contribution in [0.4, 0.5) is 0 Å². The van der Waals surface area contributed by atoms with Gasteiger partial charge in [0.15, 0.2) is 6.17 Å². The van der Waals surface area contributed by atoms with Crippen LogP contribution < -0.4 is 0 Å². The Morgan fingerprint density at radius 2 is 1.95 bits per heavy atom. The Bertz CT molecular complexity index is 408. The third-order valence-electron chi connectivity index (χ3n) is 4.64. The van der Waals surface area contributed by atoms with Crippen LogP contribution in [0.1, 0.15) is 33.6 Å². The maximum Gasteiger partial charge on any atom is 0.313 e. The van der Waals surface area contributed by atoms with Crippen molar-refractivity contribution in [3.8, 4) is 0 Å². The van der Waals surface area contributed by atoms with Crippen molar-refractivity contribution in [1.29, 1.82) is 0 Å². The number of rotatable bonds is 8. The lowest BCUT2D eigenvalue weighted by molar-refractivity contribution is -0.959. The number of hydrogen-bond acceptors (Lipinski definition) is 4. The quantitative estimate of drug-likeness (QED) is 0.319.